The molecule has 2 saturated heterocycles. The summed E-state index contributed by atoms with van der Waals surface area (Å²) in [6.45, 7) is 6.19. The van der Waals surface area contributed by atoms with Gasteiger partial charge in [0.05, 0.1) is 19.1 Å². The fourth-order valence-electron chi connectivity index (χ4n) is 2.14. The van der Waals surface area contributed by atoms with E-state index in [9.17, 15) is 4.57 Å². The van der Waals surface area contributed by atoms with Gasteiger partial charge in [0, 0.05) is 0 Å². The molecule has 0 amide bonds. The zero-order valence-electron chi connectivity index (χ0n) is 9.63. The van der Waals surface area contributed by atoms with Gasteiger partial charge in [-0.25, -0.2) is 0 Å². The molecule has 5 unspecified atom stereocenters. The van der Waals surface area contributed by atoms with Gasteiger partial charge in [-0.05, 0) is 24.0 Å². The van der Waals surface area contributed by atoms with Crippen LogP contribution < -0.4 is 0 Å². The molecule has 4 heteroatoms. The molecule has 0 N–H and O–H groups in total. The second kappa shape index (κ2) is 3.36. The third-order valence-electron chi connectivity index (χ3n) is 3.57. The molecule has 84 valence electrons. The molecule has 0 saturated carbocycles. The summed E-state index contributed by atoms with van der Waals surface area (Å²) < 4.78 is 16.3. The van der Waals surface area contributed by atoms with Crippen LogP contribution in [0.4, 0.5) is 0 Å². The van der Waals surface area contributed by atoms with Crippen molar-refractivity contribution in [3.63, 3.8) is 0 Å². The molecule has 2 aliphatic heterocycles. The van der Waals surface area contributed by atoms with Crippen LogP contribution in [0.1, 0.15) is 19.4 Å². The maximum atomic E-state index is 12.2. The minimum absolute atomic E-state index is 0.00295. The predicted molar refractivity (Wildman–Crippen MR) is 64.3 cm³/mol. The molecule has 16 heavy (non-hydrogen) atoms. The Morgan fingerprint density at radius 3 is 2.56 bits per heavy atom. The molecule has 0 spiro atoms. The van der Waals surface area contributed by atoms with Crippen molar-refractivity contribution in [2.45, 2.75) is 25.4 Å². The lowest BCUT2D eigenvalue weighted by Crippen LogP contribution is -2.08. The average molecular weight is 235 g/mol. The van der Waals surface area contributed by atoms with E-state index in [-0.39, 0.29) is 5.54 Å². The highest BCUT2D eigenvalue weighted by Crippen LogP contribution is 2.57. The highest BCUT2D eigenvalue weighted by atomic mass is 31.1. The van der Waals surface area contributed by atoms with E-state index < -0.39 is 8.10 Å². The standard InChI is InChI=1S/C12H16N2OP/c1-10-8-13(10)16(15)14-9-12(14,2)11-6-4-3-5-7-11/h3-7,10H,8-9H2,1-2H3/q+1. The Balaban J connectivity index is 1.77. The van der Waals surface area contributed by atoms with E-state index in [1.807, 2.05) is 18.2 Å². The lowest BCUT2D eigenvalue weighted by molar-refractivity contribution is 0.505. The molecular weight excluding hydrogens is 219 g/mol. The molecule has 2 heterocycles. The van der Waals surface area contributed by atoms with Crippen molar-refractivity contribution in [2.24, 2.45) is 0 Å². The van der Waals surface area contributed by atoms with Gasteiger partial charge in [-0.1, -0.05) is 39.7 Å². The molecule has 2 aliphatic rings. The summed E-state index contributed by atoms with van der Waals surface area (Å²) in [5, 5.41) is 0. The van der Waals surface area contributed by atoms with Gasteiger partial charge in [0.2, 0.25) is 0 Å². The van der Waals surface area contributed by atoms with Crippen LogP contribution in [-0.4, -0.2) is 28.5 Å². The Hall–Kier alpha value is -0.760. The zero-order valence-corrected chi connectivity index (χ0v) is 10.5. The summed E-state index contributed by atoms with van der Waals surface area (Å²) >= 11 is 0. The molecule has 0 aliphatic carbocycles. The van der Waals surface area contributed by atoms with Crippen molar-refractivity contribution in [3.05, 3.63) is 35.9 Å². The number of benzene rings is 1. The fourth-order valence-corrected chi connectivity index (χ4v) is 4.02. The largest absolute Gasteiger partial charge is 0.538 e. The first kappa shape index (κ1) is 10.4. The quantitative estimate of drug-likeness (QED) is 0.594. The molecule has 1 aromatic rings. The minimum atomic E-state index is -1.31. The second-order valence-electron chi connectivity index (χ2n) is 4.92. The molecular formula is C12H16N2OP+. The van der Waals surface area contributed by atoms with E-state index in [4.69, 9.17) is 0 Å². The molecule has 1 aromatic carbocycles. The van der Waals surface area contributed by atoms with Gasteiger partial charge in [0.15, 0.2) is 0 Å². The van der Waals surface area contributed by atoms with E-state index in [0.29, 0.717) is 6.04 Å². The summed E-state index contributed by atoms with van der Waals surface area (Å²) in [5.41, 5.74) is 1.27. The number of nitrogens with zero attached hydrogens (tertiary/aromatic N) is 2. The van der Waals surface area contributed by atoms with Crippen LogP contribution in [0.15, 0.2) is 30.3 Å². The van der Waals surface area contributed by atoms with Crippen molar-refractivity contribution >= 4 is 8.10 Å². The van der Waals surface area contributed by atoms with Crippen LogP contribution in [0.2, 0.25) is 0 Å². The average Bonchev–Trinajstić information content (AvgIpc) is 3.18. The molecule has 0 radical (unpaired) electrons. The maximum absolute atomic E-state index is 12.2. The first-order valence-corrected chi connectivity index (χ1v) is 6.86. The number of hydrogen-bond acceptors (Lipinski definition) is 1. The van der Waals surface area contributed by atoms with E-state index >= 15 is 0 Å². The molecule has 5 atom stereocenters. The van der Waals surface area contributed by atoms with E-state index in [1.165, 1.54) is 5.56 Å². The number of rotatable bonds is 3. The predicted octanol–water partition coefficient (Wildman–Crippen LogP) is 2.58. The lowest BCUT2D eigenvalue weighted by Gasteiger charge is -2.05. The van der Waals surface area contributed by atoms with Crippen molar-refractivity contribution in [1.82, 2.24) is 9.34 Å². The Morgan fingerprint density at radius 2 is 2.00 bits per heavy atom. The van der Waals surface area contributed by atoms with Crippen molar-refractivity contribution in [3.8, 4) is 0 Å². The van der Waals surface area contributed by atoms with Gasteiger partial charge in [-0.15, -0.1) is 0 Å². The van der Waals surface area contributed by atoms with E-state index in [2.05, 4.69) is 35.3 Å². The van der Waals surface area contributed by atoms with Crippen LogP contribution >= 0.6 is 8.10 Å². The Kier molecular flexibility index (Phi) is 2.19. The van der Waals surface area contributed by atoms with Gasteiger partial charge >= 0.3 is 8.10 Å². The lowest BCUT2D eigenvalue weighted by atomic mass is 10.0. The smallest absolute Gasteiger partial charge is 0.0730 e. The first-order valence-electron chi connectivity index (χ1n) is 5.70. The Morgan fingerprint density at radius 1 is 1.38 bits per heavy atom. The molecule has 2 fully saturated rings. The van der Waals surface area contributed by atoms with Crippen LogP contribution in [0, 0.1) is 0 Å². The molecule has 3 rings (SSSR count). The van der Waals surface area contributed by atoms with Crippen LogP contribution in [0.25, 0.3) is 0 Å². The summed E-state index contributed by atoms with van der Waals surface area (Å²) in [5.74, 6) is 0. The first-order chi connectivity index (χ1) is 7.63. The maximum Gasteiger partial charge on any atom is 0.538 e. The Bertz CT molecular complexity index is 436. The van der Waals surface area contributed by atoms with Crippen LogP contribution in [0.5, 0.6) is 0 Å². The summed E-state index contributed by atoms with van der Waals surface area (Å²) in [6.07, 6.45) is 0. The van der Waals surface area contributed by atoms with Crippen LogP contribution in [-0.2, 0) is 10.1 Å². The third kappa shape index (κ3) is 1.51. The molecule has 0 bridgehead atoms. The van der Waals surface area contributed by atoms with Gasteiger partial charge in [-0.2, -0.15) is 0 Å². The second-order valence-corrected chi connectivity index (χ2v) is 6.42. The third-order valence-corrected chi connectivity index (χ3v) is 5.57. The van der Waals surface area contributed by atoms with Gasteiger partial charge in [0.1, 0.15) is 5.54 Å². The van der Waals surface area contributed by atoms with Gasteiger partial charge < -0.3 is 0 Å². The zero-order chi connectivity index (χ0) is 11.3. The summed E-state index contributed by atoms with van der Waals surface area (Å²) in [7, 11) is -1.31. The molecule has 3 nitrogen and oxygen atoms in total. The fraction of sp³-hybridized carbons (Fsp3) is 0.500. The van der Waals surface area contributed by atoms with Crippen molar-refractivity contribution in [1.29, 1.82) is 0 Å². The molecule has 0 aromatic heterocycles. The van der Waals surface area contributed by atoms with E-state index in [0.717, 1.165) is 13.1 Å². The van der Waals surface area contributed by atoms with Crippen molar-refractivity contribution in [2.75, 3.05) is 13.1 Å². The normalized spacial score (nSPS) is 41.6. The summed E-state index contributed by atoms with van der Waals surface area (Å²) in [4.78, 5) is 0. The Labute approximate surface area is 96.9 Å². The van der Waals surface area contributed by atoms with Gasteiger partial charge in [0.25, 0.3) is 0 Å². The van der Waals surface area contributed by atoms with Crippen molar-refractivity contribution < 1.29 is 4.57 Å². The SMILES string of the molecule is CC1CN1[P+](=O)N1CC1(C)c1ccccc1. The van der Waals surface area contributed by atoms with Crippen LogP contribution in [0.3, 0.4) is 0 Å². The monoisotopic (exact) mass is 235 g/mol. The summed E-state index contributed by atoms with van der Waals surface area (Å²) in [6, 6.07) is 10.9. The highest BCUT2D eigenvalue weighted by Gasteiger charge is 2.66. The highest BCUT2D eigenvalue weighted by molar-refractivity contribution is 7.40. The van der Waals surface area contributed by atoms with E-state index in [1.54, 1.807) is 0 Å². The minimum Gasteiger partial charge on any atom is -0.0730 e. The topological polar surface area (TPSA) is 23.1 Å². The van der Waals surface area contributed by atoms with Gasteiger partial charge in [-0.3, -0.25) is 0 Å². The number of hydrogen-bond donors (Lipinski definition) is 0.